The summed E-state index contributed by atoms with van der Waals surface area (Å²) in [6.45, 7) is 11.2. The third-order valence-electron chi connectivity index (χ3n) is 8.54. The highest BCUT2D eigenvalue weighted by Crippen LogP contribution is 2.42. The van der Waals surface area contributed by atoms with E-state index in [0.717, 1.165) is 68.4 Å². The number of rotatable bonds is 2. The number of ether oxygens (including phenoxy) is 1. The summed E-state index contributed by atoms with van der Waals surface area (Å²) < 4.78 is 5.06. The topological polar surface area (TPSA) is 87.4 Å². The molecule has 9 nitrogen and oxygen atoms in total. The number of hydrazine groups is 1. The van der Waals surface area contributed by atoms with Gasteiger partial charge in [0.15, 0.2) is 0 Å². The van der Waals surface area contributed by atoms with Crippen molar-refractivity contribution >= 4 is 17.8 Å². The lowest BCUT2D eigenvalue weighted by atomic mass is 9.84. The number of hydrogen-bond acceptors (Lipinski definition) is 8. The van der Waals surface area contributed by atoms with Gasteiger partial charge >= 0.3 is 0 Å². The molecule has 5 aliphatic heterocycles. The molecule has 1 fully saturated rings. The van der Waals surface area contributed by atoms with Crippen molar-refractivity contribution in [3.63, 3.8) is 0 Å². The van der Waals surface area contributed by atoms with Crippen LogP contribution in [0.25, 0.3) is 0 Å². The Balaban J connectivity index is 0.000000433. The van der Waals surface area contributed by atoms with Crippen LogP contribution in [0.3, 0.4) is 0 Å². The first-order valence-electron chi connectivity index (χ1n) is 13.9. The van der Waals surface area contributed by atoms with Crippen LogP contribution in [0.1, 0.15) is 68.6 Å². The van der Waals surface area contributed by atoms with Crippen molar-refractivity contribution in [3.8, 4) is 6.07 Å². The number of carbonyl (C=O) groups is 1. The molecule has 4 atom stereocenters. The standard InChI is InChI=1S/C24H31N7O.C5H10O/c1-15-5-8-31(24-21-14-30(16(2)32)7-6-22(21)27-29(24)4)23-9-17(11-25)20(10-19(15)23)18-12-26-28(3)13-18;1-5-2-3-6-4-5/h9-10,12,15,18,24,27H,5-8,13-14H2,1-4H3;5H,2-4H2,1H3/t;5-/m.0/s1. The zero-order chi connectivity index (χ0) is 27.0. The molecule has 3 unspecified atom stereocenters. The third kappa shape index (κ3) is 5.12. The molecule has 0 spiro atoms. The van der Waals surface area contributed by atoms with E-state index in [-0.39, 0.29) is 18.0 Å². The molecular weight excluding hydrogens is 478 g/mol. The highest BCUT2D eigenvalue weighted by molar-refractivity contribution is 5.75. The van der Waals surface area contributed by atoms with Gasteiger partial charge in [0.1, 0.15) is 6.17 Å². The van der Waals surface area contributed by atoms with E-state index in [1.54, 1.807) is 6.92 Å². The van der Waals surface area contributed by atoms with Crippen molar-refractivity contribution in [3.05, 3.63) is 40.1 Å². The van der Waals surface area contributed by atoms with E-state index in [1.165, 1.54) is 23.3 Å². The molecule has 0 bridgehead atoms. The predicted molar refractivity (Wildman–Crippen MR) is 149 cm³/mol. The third-order valence-corrected chi connectivity index (χ3v) is 8.54. The first-order valence-corrected chi connectivity index (χ1v) is 13.9. The first-order chi connectivity index (χ1) is 18.3. The minimum Gasteiger partial charge on any atom is -0.381 e. The van der Waals surface area contributed by atoms with Gasteiger partial charge in [0.25, 0.3) is 0 Å². The number of hydrazone groups is 1. The van der Waals surface area contributed by atoms with Gasteiger partial charge in [-0.2, -0.15) is 10.4 Å². The van der Waals surface area contributed by atoms with Gasteiger partial charge in [0, 0.05) is 95.9 Å². The lowest BCUT2D eigenvalue weighted by molar-refractivity contribution is -0.128. The Morgan fingerprint density at radius 2 is 2.00 bits per heavy atom. The quantitative estimate of drug-likeness (QED) is 0.642. The molecule has 1 saturated heterocycles. The highest BCUT2D eigenvalue weighted by Gasteiger charge is 2.40. The number of nitrogens with one attached hydrogen (secondary N) is 1. The molecule has 0 radical (unpaired) electrons. The molecule has 5 aliphatic rings. The zero-order valence-corrected chi connectivity index (χ0v) is 23.4. The van der Waals surface area contributed by atoms with Crippen molar-refractivity contribution in [1.29, 1.82) is 5.26 Å². The number of carbonyl (C=O) groups excluding carboxylic acids is 1. The fourth-order valence-corrected chi connectivity index (χ4v) is 6.26. The Hall–Kier alpha value is -3.09. The number of nitrogens with zero attached hydrogens (tertiary/aromatic N) is 6. The van der Waals surface area contributed by atoms with Crippen molar-refractivity contribution < 1.29 is 9.53 Å². The van der Waals surface area contributed by atoms with Crippen LogP contribution in [0.4, 0.5) is 5.69 Å². The maximum absolute atomic E-state index is 12.1. The molecular formula is C29H41N7O2. The van der Waals surface area contributed by atoms with Crippen LogP contribution in [-0.4, -0.2) is 86.7 Å². The maximum atomic E-state index is 12.1. The van der Waals surface area contributed by atoms with Gasteiger partial charge in [-0.25, -0.2) is 5.01 Å². The molecule has 9 heteroatoms. The minimum absolute atomic E-state index is 0.0370. The second-order valence-electron chi connectivity index (χ2n) is 11.5. The largest absolute Gasteiger partial charge is 0.381 e. The second-order valence-corrected chi connectivity index (χ2v) is 11.5. The van der Waals surface area contributed by atoms with E-state index < -0.39 is 0 Å². The lowest BCUT2D eigenvalue weighted by Gasteiger charge is -2.42. The monoisotopic (exact) mass is 519 g/mol. The molecule has 0 aliphatic carbocycles. The van der Waals surface area contributed by atoms with Crippen LogP contribution in [0, 0.1) is 17.2 Å². The average Bonchev–Trinajstić information content (AvgIpc) is 3.63. The molecule has 1 aromatic rings. The SMILES string of the molecule is CC(=O)N1CCC2=C(C1)C(N1CCC(C)c3cc(C4C=NN(C)C4)c(C#N)cc31)N(C)N2.C[C@H]1CCOC1. The summed E-state index contributed by atoms with van der Waals surface area (Å²) in [5, 5.41) is 18.5. The second kappa shape index (κ2) is 11.0. The number of nitriles is 1. The average molecular weight is 520 g/mol. The fourth-order valence-electron chi connectivity index (χ4n) is 6.26. The smallest absolute Gasteiger partial charge is 0.219 e. The molecule has 1 N–H and O–H groups in total. The van der Waals surface area contributed by atoms with Crippen LogP contribution >= 0.6 is 0 Å². The van der Waals surface area contributed by atoms with Crippen molar-refractivity contribution in [2.45, 2.75) is 58.0 Å². The predicted octanol–water partition coefficient (Wildman–Crippen LogP) is 3.21. The number of likely N-dealkylation sites (N-methyl/N-ethyl adjacent to an activating group) is 2. The van der Waals surface area contributed by atoms with Crippen molar-refractivity contribution in [2.24, 2.45) is 11.0 Å². The van der Waals surface area contributed by atoms with E-state index in [9.17, 15) is 10.1 Å². The van der Waals surface area contributed by atoms with Gasteiger partial charge in [-0.15, -0.1) is 0 Å². The summed E-state index contributed by atoms with van der Waals surface area (Å²) in [5.41, 5.74) is 10.3. The van der Waals surface area contributed by atoms with Crippen LogP contribution in [0.15, 0.2) is 28.5 Å². The summed E-state index contributed by atoms with van der Waals surface area (Å²) in [6, 6.07) is 6.79. The van der Waals surface area contributed by atoms with E-state index in [1.807, 2.05) is 23.2 Å². The van der Waals surface area contributed by atoms with Crippen LogP contribution in [0.2, 0.25) is 0 Å². The zero-order valence-electron chi connectivity index (χ0n) is 23.4. The number of benzene rings is 1. The molecule has 0 saturated carbocycles. The fraction of sp³-hybridized carbons (Fsp3) is 0.621. The molecule has 5 heterocycles. The Bertz CT molecular complexity index is 1170. The highest BCUT2D eigenvalue weighted by atomic mass is 16.5. The van der Waals surface area contributed by atoms with Gasteiger partial charge in [0.05, 0.1) is 11.6 Å². The minimum atomic E-state index is 0.0370. The molecule has 1 amide bonds. The molecule has 0 aromatic heterocycles. The lowest BCUT2D eigenvalue weighted by Crippen LogP contribution is -2.51. The number of hydrogen-bond donors (Lipinski definition) is 1. The maximum Gasteiger partial charge on any atom is 0.219 e. The summed E-state index contributed by atoms with van der Waals surface area (Å²) in [4.78, 5) is 16.4. The first kappa shape index (κ1) is 26.5. The number of amides is 1. The van der Waals surface area contributed by atoms with E-state index in [2.05, 4.69) is 59.5 Å². The summed E-state index contributed by atoms with van der Waals surface area (Å²) in [5.74, 6) is 1.52. The van der Waals surface area contributed by atoms with Crippen LogP contribution in [0.5, 0.6) is 0 Å². The Kier molecular flexibility index (Phi) is 7.64. The van der Waals surface area contributed by atoms with Gasteiger partial charge in [0.2, 0.25) is 5.91 Å². The Labute approximate surface area is 226 Å². The Morgan fingerprint density at radius 3 is 2.61 bits per heavy atom. The van der Waals surface area contributed by atoms with Crippen LogP contribution in [-0.2, 0) is 9.53 Å². The normalized spacial score (nSPS) is 28.5. The summed E-state index contributed by atoms with van der Waals surface area (Å²) in [7, 11) is 4.04. The van der Waals surface area contributed by atoms with Gasteiger partial charge in [-0.05, 0) is 41.9 Å². The number of fused-ring (bicyclic) bond motifs is 1. The van der Waals surface area contributed by atoms with E-state index in [0.29, 0.717) is 12.5 Å². The van der Waals surface area contributed by atoms with Gasteiger partial charge in [-0.3, -0.25) is 9.80 Å². The summed E-state index contributed by atoms with van der Waals surface area (Å²) in [6.07, 6.45) is 5.16. The molecule has 204 valence electrons. The van der Waals surface area contributed by atoms with E-state index in [4.69, 9.17) is 4.74 Å². The molecule has 6 rings (SSSR count). The van der Waals surface area contributed by atoms with Gasteiger partial charge in [-0.1, -0.05) is 19.9 Å². The summed E-state index contributed by atoms with van der Waals surface area (Å²) >= 11 is 0. The molecule has 1 aromatic carbocycles. The van der Waals surface area contributed by atoms with Crippen LogP contribution < -0.4 is 10.3 Å². The Morgan fingerprint density at radius 1 is 1.18 bits per heavy atom. The van der Waals surface area contributed by atoms with Gasteiger partial charge < -0.3 is 20.0 Å². The number of anilines is 1. The molecule has 38 heavy (non-hydrogen) atoms. The van der Waals surface area contributed by atoms with E-state index >= 15 is 0 Å². The van der Waals surface area contributed by atoms with Crippen molar-refractivity contribution in [1.82, 2.24) is 20.3 Å². The van der Waals surface area contributed by atoms with Crippen molar-refractivity contribution in [2.75, 3.05) is 58.4 Å².